The molecule has 0 aliphatic carbocycles. The maximum atomic E-state index is 6.14. The zero-order valence-corrected chi connectivity index (χ0v) is 17.0. The van der Waals surface area contributed by atoms with Crippen LogP contribution in [0.1, 0.15) is 25.0 Å². The molecule has 28 heavy (non-hydrogen) atoms. The first-order chi connectivity index (χ1) is 13.4. The maximum Gasteiger partial charge on any atom is 0.220 e. The standard InChI is InChI=1S/C20H25ClN4O3/c1-14(2)28-19-9-8-18(10-15(19)3)23-20-24(12-26-27-13-25(20)22)11-16-4-6-17(21)7-5-16/h4-10,14H,11-13,22H2,1-3H3. The van der Waals surface area contributed by atoms with Gasteiger partial charge in [0.25, 0.3) is 0 Å². The highest BCUT2D eigenvalue weighted by molar-refractivity contribution is 6.30. The van der Waals surface area contributed by atoms with E-state index in [0.29, 0.717) is 17.5 Å². The highest BCUT2D eigenvalue weighted by Crippen LogP contribution is 2.25. The van der Waals surface area contributed by atoms with Crippen molar-refractivity contribution >= 4 is 23.2 Å². The average Bonchev–Trinajstić information content (AvgIpc) is 2.81. The third kappa shape index (κ3) is 5.36. The van der Waals surface area contributed by atoms with Crippen LogP contribution in [0.5, 0.6) is 5.75 Å². The van der Waals surface area contributed by atoms with Crippen molar-refractivity contribution in [3.05, 3.63) is 58.6 Å². The molecule has 7 nitrogen and oxygen atoms in total. The molecule has 0 amide bonds. The number of hydrogen-bond donors (Lipinski definition) is 1. The molecule has 150 valence electrons. The molecule has 0 bridgehead atoms. The number of guanidine groups is 1. The molecule has 0 atom stereocenters. The summed E-state index contributed by atoms with van der Waals surface area (Å²) in [5, 5.41) is 2.10. The van der Waals surface area contributed by atoms with Crippen molar-refractivity contribution < 1.29 is 14.5 Å². The first-order valence-corrected chi connectivity index (χ1v) is 9.42. The van der Waals surface area contributed by atoms with Crippen molar-refractivity contribution in [2.45, 2.75) is 33.4 Å². The van der Waals surface area contributed by atoms with E-state index < -0.39 is 0 Å². The van der Waals surface area contributed by atoms with E-state index in [1.165, 1.54) is 5.01 Å². The van der Waals surface area contributed by atoms with E-state index >= 15 is 0 Å². The third-order valence-corrected chi connectivity index (χ3v) is 4.31. The Morgan fingerprint density at radius 1 is 1.14 bits per heavy atom. The van der Waals surface area contributed by atoms with Gasteiger partial charge in [-0.05, 0) is 62.2 Å². The summed E-state index contributed by atoms with van der Waals surface area (Å²) < 4.78 is 5.80. The third-order valence-electron chi connectivity index (χ3n) is 4.06. The predicted octanol–water partition coefficient (Wildman–Crippen LogP) is 3.98. The Balaban J connectivity index is 1.87. The van der Waals surface area contributed by atoms with E-state index in [9.17, 15) is 0 Å². The minimum absolute atomic E-state index is 0.0729. The highest BCUT2D eigenvalue weighted by atomic mass is 35.5. The largest absolute Gasteiger partial charge is 0.491 e. The summed E-state index contributed by atoms with van der Waals surface area (Å²) >= 11 is 5.98. The fourth-order valence-corrected chi connectivity index (χ4v) is 2.88. The normalized spacial score (nSPS) is 16.6. The summed E-state index contributed by atoms with van der Waals surface area (Å²) in [4.78, 5) is 16.9. The number of aryl methyl sites for hydroxylation is 1. The molecule has 0 aromatic heterocycles. The highest BCUT2D eigenvalue weighted by Gasteiger charge is 2.22. The van der Waals surface area contributed by atoms with Gasteiger partial charge < -0.3 is 9.64 Å². The molecule has 0 saturated carbocycles. The number of hydrazine groups is 1. The summed E-state index contributed by atoms with van der Waals surface area (Å²) in [6.07, 6.45) is 0.112. The second kappa shape index (κ2) is 9.25. The van der Waals surface area contributed by atoms with Crippen molar-refractivity contribution in [3.63, 3.8) is 0 Å². The summed E-state index contributed by atoms with van der Waals surface area (Å²) in [5.41, 5.74) is 2.82. The van der Waals surface area contributed by atoms with Gasteiger partial charge >= 0.3 is 0 Å². The number of rotatable bonds is 5. The molecule has 1 saturated heterocycles. The van der Waals surface area contributed by atoms with Gasteiger partial charge in [0.15, 0.2) is 13.5 Å². The lowest BCUT2D eigenvalue weighted by molar-refractivity contribution is -0.314. The lowest BCUT2D eigenvalue weighted by Gasteiger charge is -2.26. The molecule has 1 aliphatic rings. The van der Waals surface area contributed by atoms with Crippen molar-refractivity contribution in [2.24, 2.45) is 10.8 Å². The molecule has 2 N–H and O–H groups in total. The molecule has 2 aromatic rings. The van der Waals surface area contributed by atoms with Gasteiger partial charge in [0.2, 0.25) is 5.96 Å². The van der Waals surface area contributed by atoms with Gasteiger partial charge in [-0.1, -0.05) is 23.7 Å². The summed E-state index contributed by atoms with van der Waals surface area (Å²) in [6, 6.07) is 13.4. The molecule has 3 rings (SSSR count). The Labute approximate surface area is 170 Å². The van der Waals surface area contributed by atoms with Crippen LogP contribution in [0.2, 0.25) is 5.02 Å². The number of ether oxygens (including phenoxy) is 1. The minimum atomic E-state index is 0.0729. The van der Waals surface area contributed by atoms with Gasteiger partial charge in [0.05, 0.1) is 11.8 Å². The Hall–Kier alpha value is -2.32. The quantitative estimate of drug-likeness (QED) is 0.600. The van der Waals surface area contributed by atoms with Crippen LogP contribution in [0.3, 0.4) is 0 Å². The number of benzene rings is 2. The molecule has 1 fully saturated rings. The Bertz CT molecular complexity index is 827. The summed E-state index contributed by atoms with van der Waals surface area (Å²) in [5.74, 6) is 7.53. The lowest BCUT2D eigenvalue weighted by Crippen LogP contribution is -2.46. The van der Waals surface area contributed by atoms with Crippen molar-refractivity contribution in [1.82, 2.24) is 9.91 Å². The minimum Gasteiger partial charge on any atom is -0.491 e. The van der Waals surface area contributed by atoms with E-state index in [4.69, 9.17) is 36.9 Å². The molecule has 8 heteroatoms. The van der Waals surface area contributed by atoms with E-state index in [2.05, 4.69) is 0 Å². The molecule has 0 spiro atoms. The van der Waals surface area contributed by atoms with Gasteiger partial charge in [-0.25, -0.2) is 20.6 Å². The second-order valence-electron chi connectivity index (χ2n) is 6.82. The topological polar surface area (TPSA) is 72.5 Å². The van der Waals surface area contributed by atoms with E-state index in [0.717, 1.165) is 22.6 Å². The van der Waals surface area contributed by atoms with Gasteiger partial charge in [0, 0.05) is 11.6 Å². The monoisotopic (exact) mass is 404 g/mol. The van der Waals surface area contributed by atoms with Gasteiger partial charge in [-0.3, -0.25) is 5.01 Å². The Morgan fingerprint density at radius 2 is 1.86 bits per heavy atom. The van der Waals surface area contributed by atoms with Gasteiger partial charge in [-0.2, -0.15) is 0 Å². The predicted molar refractivity (Wildman–Crippen MR) is 109 cm³/mol. The Kier molecular flexibility index (Phi) is 6.74. The summed E-state index contributed by atoms with van der Waals surface area (Å²) in [6.45, 7) is 6.80. The van der Waals surface area contributed by atoms with Crippen LogP contribution >= 0.6 is 11.6 Å². The maximum absolute atomic E-state index is 6.14. The molecular weight excluding hydrogens is 380 g/mol. The number of halogens is 1. The van der Waals surface area contributed by atoms with Crippen molar-refractivity contribution in [3.8, 4) is 5.75 Å². The number of aliphatic imine (C=N–C) groups is 1. The van der Waals surface area contributed by atoms with Gasteiger partial charge in [-0.15, -0.1) is 0 Å². The van der Waals surface area contributed by atoms with Crippen LogP contribution in [0, 0.1) is 6.92 Å². The first kappa shape index (κ1) is 20.4. The number of nitrogens with two attached hydrogens (primary N) is 1. The molecule has 0 unspecified atom stereocenters. The van der Waals surface area contributed by atoms with E-state index in [-0.39, 0.29) is 19.6 Å². The smallest absolute Gasteiger partial charge is 0.220 e. The number of nitrogens with zero attached hydrogens (tertiary/aromatic N) is 3. The second-order valence-corrected chi connectivity index (χ2v) is 7.25. The van der Waals surface area contributed by atoms with Crippen molar-refractivity contribution in [2.75, 3.05) is 13.5 Å². The van der Waals surface area contributed by atoms with Crippen LogP contribution in [0.25, 0.3) is 0 Å². The van der Waals surface area contributed by atoms with Gasteiger partial charge in [0.1, 0.15) is 5.75 Å². The molecule has 2 aromatic carbocycles. The number of hydrogen-bond acceptors (Lipinski definition) is 5. The SMILES string of the molecule is Cc1cc(N=C2N(N)COOCN2Cc2ccc(Cl)cc2)ccc1OC(C)C. The lowest BCUT2D eigenvalue weighted by atomic mass is 10.2. The fourth-order valence-electron chi connectivity index (χ4n) is 2.76. The molecule has 1 aliphatic heterocycles. The summed E-state index contributed by atoms with van der Waals surface area (Å²) in [7, 11) is 0. The zero-order chi connectivity index (χ0) is 20.1. The molecule has 1 heterocycles. The average molecular weight is 405 g/mol. The first-order valence-electron chi connectivity index (χ1n) is 9.04. The van der Waals surface area contributed by atoms with E-state index in [1.54, 1.807) is 0 Å². The molecular formula is C20H25ClN4O3. The van der Waals surface area contributed by atoms with Crippen LogP contribution in [0.4, 0.5) is 5.69 Å². The van der Waals surface area contributed by atoms with E-state index in [1.807, 2.05) is 68.1 Å². The molecule has 0 radical (unpaired) electrons. The Morgan fingerprint density at radius 3 is 2.54 bits per heavy atom. The zero-order valence-electron chi connectivity index (χ0n) is 16.3. The van der Waals surface area contributed by atoms with Crippen LogP contribution in [-0.4, -0.2) is 35.4 Å². The van der Waals surface area contributed by atoms with Crippen LogP contribution in [-0.2, 0) is 16.3 Å². The fraction of sp³-hybridized carbons (Fsp3) is 0.350. The van der Waals surface area contributed by atoms with Crippen molar-refractivity contribution in [1.29, 1.82) is 0 Å². The van der Waals surface area contributed by atoms with Crippen LogP contribution in [0.15, 0.2) is 47.5 Å². The van der Waals surface area contributed by atoms with Crippen LogP contribution < -0.4 is 10.6 Å².